The predicted octanol–water partition coefficient (Wildman–Crippen LogP) is 5.13. The second-order valence-electron chi connectivity index (χ2n) is 5.88. The summed E-state index contributed by atoms with van der Waals surface area (Å²) in [6.07, 6.45) is -4.64. The van der Waals surface area contributed by atoms with E-state index in [1.807, 2.05) is 6.92 Å². The van der Waals surface area contributed by atoms with Crippen LogP contribution in [0.15, 0.2) is 42.5 Å². The smallest absolute Gasteiger partial charge is 0.324 e. The number of halogens is 5. The Bertz CT molecular complexity index is 778. The quantitative estimate of drug-likeness (QED) is 0.720. The zero-order valence-corrected chi connectivity index (χ0v) is 14.8. The molecular formula is C18H17ClF4N2O. The van der Waals surface area contributed by atoms with Gasteiger partial charge in [-0.15, -0.1) is 0 Å². The Kier molecular flexibility index (Phi) is 6.26. The molecule has 1 amide bonds. The minimum absolute atomic E-state index is 0.0719. The highest BCUT2D eigenvalue weighted by molar-refractivity contribution is 6.30. The Morgan fingerprint density at radius 3 is 2.38 bits per heavy atom. The Hall–Kier alpha value is -2.12. The Balaban J connectivity index is 2.08. The van der Waals surface area contributed by atoms with Gasteiger partial charge in [-0.05, 0) is 49.9 Å². The number of amides is 1. The number of nitrogens with one attached hydrogen (secondary N) is 1. The Morgan fingerprint density at radius 1 is 1.19 bits per heavy atom. The van der Waals surface area contributed by atoms with Gasteiger partial charge in [-0.1, -0.05) is 23.7 Å². The Morgan fingerprint density at radius 2 is 1.81 bits per heavy atom. The van der Waals surface area contributed by atoms with Gasteiger partial charge < -0.3 is 5.32 Å². The molecule has 2 rings (SSSR count). The number of carbonyl (C=O) groups is 1. The van der Waals surface area contributed by atoms with Crippen molar-refractivity contribution in [2.75, 3.05) is 18.9 Å². The third kappa shape index (κ3) is 5.19. The van der Waals surface area contributed by atoms with Gasteiger partial charge >= 0.3 is 6.18 Å². The molecule has 0 saturated heterocycles. The molecule has 0 aliphatic carbocycles. The first kappa shape index (κ1) is 20.2. The van der Waals surface area contributed by atoms with Crippen LogP contribution in [0.25, 0.3) is 0 Å². The van der Waals surface area contributed by atoms with Crippen molar-refractivity contribution in [3.8, 4) is 0 Å². The minimum atomic E-state index is -4.64. The van der Waals surface area contributed by atoms with Gasteiger partial charge in [0.2, 0.25) is 5.91 Å². The molecule has 26 heavy (non-hydrogen) atoms. The first-order valence-corrected chi connectivity index (χ1v) is 8.08. The standard InChI is InChI=1S/C18H17ClF4N2O/c1-11(12-3-6-14(20)7-4-12)25(2)10-17(26)24-16-8-5-13(19)9-15(16)18(21,22)23/h3-9,11H,10H2,1-2H3,(H,24,26). The molecule has 0 heterocycles. The SMILES string of the molecule is CC(c1ccc(F)cc1)N(C)CC(=O)Nc1ccc(Cl)cc1C(F)(F)F. The second-order valence-corrected chi connectivity index (χ2v) is 6.31. The van der Waals surface area contributed by atoms with E-state index in [1.54, 1.807) is 24.1 Å². The average Bonchev–Trinajstić information content (AvgIpc) is 2.55. The lowest BCUT2D eigenvalue weighted by molar-refractivity contribution is -0.137. The van der Waals surface area contributed by atoms with Gasteiger partial charge in [0, 0.05) is 11.1 Å². The molecule has 1 unspecified atom stereocenters. The first-order valence-electron chi connectivity index (χ1n) is 7.70. The maximum Gasteiger partial charge on any atom is 0.418 e. The first-order chi connectivity index (χ1) is 12.1. The van der Waals surface area contributed by atoms with Crippen molar-refractivity contribution < 1.29 is 22.4 Å². The minimum Gasteiger partial charge on any atom is -0.324 e. The lowest BCUT2D eigenvalue weighted by atomic mass is 10.1. The van der Waals surface area contributed by atoms with Crippen LogP contribution in [0.4, 0.5) is 23.2 Å². The molecule has 0 aliphatic rings. The maximum absolute atomic E-state index is 13.1. The molecular weight excluding hydrogens is 372 g/mol. The number of likely N-dealkylation sites (N-methyl/N-ethyl adjacent to an activating group) is 1. The summed E-state index contributed by atoms with van der Waals surface area (Å²) < 4.78 is 52.2. The van der Waals surface area contributed by atoms with Crippen molar-refractivity contribution in [3.05, 3.63) is 64.4 Å². The van der Waals surface area contributed by atoms with Gasteiger partial charge in [-0.3, -0.25) is 9.69 Å². The fourth-order valence-electron chi connectivity index (χ4n) is 2.41. The van der Waals surface area contributed by atoms with E-state index in [2.05, 4.69) is 5.32 Å². The molecule has 0 aromatic heterocycles. The van der Waals surface area contributed by atoms with Crippen molar-refractivity contribution in [2.24, 2.45) is 0 Å². The molecule has 0 aliphatic heterocycles. The molecule has 140 valence electrons. The van der Waals surface area contributed by atoms with Crippen LogP contribution in [0.2, 0.25) is 5.02 Å². The van der Waals surface area contributed by atoms with E-state index in [-0.39, 0.29) is 29.1 Å². The number of benzene rings is 2. The summed E-state index contributed by atoms with van der Waals surface area (Å²) in [5, 5.41) is 2.20. The van der Waals surface area contributed by atoms with Gasteiger partial charge in [0.15, 0.2) is 0 Å². The number of rotatable bonds is 5. The zero-order chi connectivity index (χ0) is 19.5. The van der Waals surface area contributed by atoms with Crippen LogP contribution in [-0.4, -0.2) is 24.4 Å². The van der Waals surface area contributed by atoms with Crippen LogP contribution < -0.4 is 5.32 Å². The van der Waals surface area contributed by atoms with Crippen molar-refractivity contribution in [3.63, 3.8) is 0 Å². The second kappa shape index (κ2) is 8.05. The normalized spacial score (nSPS) is 12.9. The largest absolute Gasteiger partial charge is 0.418 e. The highest BCUT2D eigenvalue weighted by atomic mass is 35.5. The van der Waals surface area contributed by atoms with Crippen molar-refractivity contribution >= 4 is 23.2 Å². The van der Waals surface area contributed by atoms with E-state index in [4.69, 9.17) is 11.6 Å². The number of hydrogen-bond acceptors (Lipinski definition) is 2. The summed E-state index contributed by atoms with van der Waals surface area (Å²) in [6.45, 7) is 1.67. The van der Waals surface area contributed by atoms with Gasteiger partial charge in [0.1, 0.15) is 5.82 Å². The lowest BCUT2D eigenvalue weighted by Gasteiger charge is -2.25. The van der Waals surface area contributed by atoms with E-state index < -0.39 is 17.6 Å². The summed E-state index contributed by atoms with van der Waals surface area (Å²) in [5.74, 6) is -0.974. The van der Waals surface area contributed by atoms with Gasteiger partial charge in [0.05, 0.1) is 17.8 Å². The lowest BCUT2D eigenvalue weighted by Crippen LogP contribution is -2.32. The molecule has 1 atom stereocenters. The van der Waals surface area contributed by atoms with Crippen LogP contribution in [0.5, 0.6) is 0 Å². The number of hydrogen-bond donors (Lipinski definition) is 1. The van der Waals surface area contributed by atoms with Crippen LogP contribution in [0.3, 0.4) is 0 Å². The van der Waals surface area contributed by atoms with Crippen LogP contribution in [0.1, 0.15) is 24.1 Å². The molecule has 8 heteroatoms. The molecule has 0 spiro atoms. The van der Waals surface area contributed by atoms with Crippen molar-refractivity contribution in [2.45, 2.75) is 19.1 Å². The number of alkyl halides is 3. The van der Waals surface area contributed by atoms with Crippen LogP contribution in [0, 0.1) is 5.82 Å². The number of anilines is 1. The van der Waals surface area contributed by atoms with Gasteiger partial charge in [0.25, 0.3) is 0 Å². The fraction of sp³-hybridized carbons (Fsp3) is 0.278. The average molecular weight is 389 g/mol. The summed E-state index contributed by atoms with van der Waals surface area (Å²) in [4.78, 5) is 13.8. The van der Waals surface area contributed by atoms with Crippen LogP contribution in [-0.2, 0) is 11.0 Å². The van der Waals surface area contributed by atoms with Crippen molar-refractivity contribution in [1.82, 2.24) is 4.90 Å². The molecule has 2 aromatic carbocycles. The third-order valence-corrected chi connectivity index (χ3v) is 4.20. The zero-order valence-electron chi connectivity index (χ0n) is 14.1. The molecule has 1 N–H and O–H groups in total. The summed E-state index contributed by atoms with van der Waals surface area (Å²) >= 11 is 5.62. The topological polar surface area (TPSA) is 32.3 Å². The summed E-state index contributed by atoms with van der Waals surface area (Å²) in [5.41, 5.74) is -0.577. The third-order valence-electron chi connectivity index (χ3n) is 3.97. The predicted molar refractivity (Wildman–Crippen MR) is 92.5 cm³/mol. The summed E-state index contributed by atoms with van der Waals surface area (Å²) in [6, 6.07) is 8.73. The molecule has 0 fully saturated rings. The van der Waals surface area contributed by atoms with E-state index in [0.717, 1.165) is 17.7 Å². The summed E-state index contributed by atoms with van der Waals surface area (Å²) in [7, 11) is 1.65. The Labute approximate surface area is 153 Å². The van der Waals surface area contributed by atoms with E-state index >= 15 is 0 Å². The van der Waals surface area contributed by atoms with E-state index in [0.29, 0.717) is 0 Å². The van der Waals surface area contributed by atoms with Gasteiger partial charge in [-0.25, -0.2) is 4.39 Å². The van der Waals surface area contributed by atoms with Crippen molar-refractivity contribution in [1.29, 1.82) is 0 Å². The highest BCUT2D eigenvalue weighted by Gasteiger charge is 2.34. The monoisotopic (exact) mass is 388 g/mol. The molecule has 0 bridgehead atoms. The fourth-order valence-corrected chi connectivity index (χ4v) is 2.58. The van der Waals surface area contributed by atoms with E-state index in [9.17, 15) is 22.4 Å². The van der Waals surface area contributed by atoms with E-state index in [1.165, 1.54) is 18.2 Å². The molecule has 0 radical (unpaired) electrons. The number of nitrogens with zero attached hydrogens (tertiary/aromatic N) is 1. The highest BCUT2D eigenvalue weighted by Crippen LogP contribution is 2.36. The molecule has 3 nitrogen and oxygen atoms in total. The van der Waals surface area contributed by atoms with Crippen LogP contribution >= 0.6 is 11.6 Å². The number of carbonyl (C=O) groups excluding carboxylic acids is 1. The molecule has 0 saturated carbocycles. The molecule has 2 aromatic rings. The maximum atomic E-state index is 13.1. The van der Waals surface area contributed by atoms with Gasteiger partial charge in [-0.2, -0.15) is 13.2 Å².